The van der Waals surface area contributed by atoms with Gasteiger partial charge >= 0.3 is 12.3 Å². The molecule has 8 heteroatoms. The number of halogens is 4. The first-order valence-corrected chi connectivity index (χ1v) is 10.2. The maximum atomic E-state index is 14.5. The Hall–Kier alpha value is -1.83. The topological polar surface area (TPSA) is 32.8 Å². The second kappa shape index (κ2) is 9.78. The summed E-state index contributed by atoms with van der Waals surface area (Å²) in [5.41, 5.74) is -0.770. The van der Waals surface area contributed by atoms with E-state index >= 15 is 0 Å². The lowest BCUT2D eigenvalue weighted by atomic mass is 9.97. The summed E-state index contributed by atoms with van der Waals surface area (Å²) in [5.74, 6) is -0.865. The Morgan fingerprint density at radius 3 is 2.52 bits per heavy atom. The summed E-state index contributed by atoms with van der Waals surface area (Å²) in [7, 11) is 0. The number of rotatable bonds is 6. The summed E-state index contributed by atoms with van der Waals surface area (Å²) < 4.78 is 58.3. The molecule has 3 atom stereocenters. The highest BCUT2D eigenvalue weighted by Gasteiger charge is 2.38. The SMILES string of the molecule is CCCCOC(=O)N1C[C@@H](CC)N(C(C)c2ccc(C(F)(F)F)cc2F)C[C@@H]1C. The zero-order valence-corrected chi connectivity index (χ0v) is 17.4. The van der Waals surface area contributed by atoms with Crippen molar-refractivity contribution in [3.05, 3.63) is 35.1 Å². The van der Waals surface area contributed by atoms with Gasteiger partial charge in [0.05, 0.1) is 12.2 Å². The minimum atomic E-state index is -4.58. The van der Waals surface area contributed by atoms with Gasteiger partial charge in [-0.05, 0) is 38.8 Å². The van der Waals surface area contributed by atoms with Gasteiger partial charge in [0.25, 0.3) is 0 Å². The molecular formula is C21H30F4N2O2. The van der Waals surface area contributed by atoms with E-state index in [1.54, 1.807) is 11.8 Å². The Morgan fingerprint density at radius 2 is 1.97 bits per heavy atom. The van der Waals surface area contributed by atoms with Crippen molar-refractivity contribution in [2.75, 3.05) is 19.7 Å². The number of hydrogen-bond acceptors (Lipinski definition) is 3. The Kier molecular flexibility index (Phi) is 7.91. The van der Waals surface area contributed by atoms with Gasteiger partial charge in [-0.2, -0.15) is 13.2 Å². The van der Waals surface area contributed by atoms with Crippen LogP contribution in [0.15, 0.2) is 18.2 Å². The molecule has 4 nitrogen and oxygen atoms in total. The number of carbonyl (C=O) groups is 1. The van der Waals surface area contributed by atoms with Crippen molar-refractivity contribution in [1.82, 2.24) is 9.80 Å². The highest BCUT2D eigenvalue weighted by Crippen LogP contribution is 2.34. The Morgan fingerprint density at radius 1 is 1.28 bits per heavy atom. The van der Waals surface area contributed by atoms with Gasteiger partial charge in [0.1, 0.15) is 5.82 Å². The summed E-state index contributed by atoms with van der Waals surface area (Å²) in [5, 5.41) is 0. The molecule has 1 heterocycles. The van der Waals surface area contributed by atoms with Crippen LogP contribution >= 0.6 is 0 Å². The van der Waals surface area contributed by atoms with Crippen LogP contribution in [0.3, 0.4) is 0 Å². The number of hydrogen-bond donors (Lipinski definition) is 0. The molecule has 0 radical (unpaired) electrons. The third-order valence-electron chi connectivity index (χ3n) is 5.59. The number of ether oxygens (including phenoxy) is 1. The third-order valence-corrected chi connectivity index (χ3v) is 5.59. The number of amides is 1. The van der Waals surface area contributed by atoms with Crippen LogP contribution in [-0.2, 0) is 10.9 Å². The molecule has 29 heavy (non-hydrogen) atoms. The van der Waals surface area contributed by atoms with Crippen LogP contribution in [-0.4, -0.2) is 47.7 Å². The maximum absolute atomic E-state index is 14.5. The molecular weight excluding hydrogens is 388 g/mol. The second-order valence-corrected chi connectivity index (χ2v) is 7.64. The molecule has 0 N–H and O–H groups in total. The molecule has 1 saturated heterocycles. The third kappa shape index (κ3) is 5.62. The Balaban J connectivity index is 2.15. The quantitative estimate of drug-likeness (QED) is 0.444. The van der Waals surface area contributed by atoms with E-state index < -0.39 is 23.6 Å². The van der Waals surface area contributed by atoms with Gasteiger partial charge in [-0.1, -0.05) is 26.3 Å². The molecule has 0 saturated carbocycles. The highest BCUT2D eigenvalue weighted by molar-refractivity contribution is 5.68. The van der Waals surface area contributed by atoms with E-state index in [0.717, 1.165) is 25.3 Å². The lowest BCUT2D eigenvalue weighted by Gasteiger charge is -2.47. The zero-order chi connectivity index (χ0) is 21.8. The van der Waals surface area contributed by atoms with E-state index in [1.165, 1.54) is 6.07 Å². The second-order valence-electron chi connectivity index (χ2n) is 7.64. The lowest BCUT2D eigenvalue weighted by molar-refractivity contribution is -0.137. The average molecular weight is 418 g/mol. The minimum Gasteiger partial charge on any atom is -0.449 e. The van der Waals surface area contributed by atoms with E-state index in [4.69, 9.17) is 4.74 Å². The van der Waals surface area contributed by atoms with Crippen molar-refractivity contribution in [3.8, 4) is 0 Å². The standard InChI is InChI=1S/C21H30F4N2O2/c1-5-7-10-29-20(28)26-13-17(6-2)27(12-14(26)3)15(4)18-9-8-16(11-19(18)22)21(23,24)25/h8-9,11,14-15,17H,5-7,10,12-13H2,1-4H3/t14-,15?,17+/m0/s1. The van der Waals surface area contributed by atoms with E-state index in [-0.39, 0.29) is 23.7 Å². The minimum absolute atomic E-state index is 0.0402. The van der Waals surface area contributed by atoms with Crippen molar-refractivity contribution in [3.63, 3.8) is 0 Å². The number of piperazine rings is 1. The fourth-order valence-electron chi connectivity index (χ4n) is 3.76. The van der Waals surface area contributed by atoms with Crippen LogP contribution in [0.5, 0.6) is 0 Å². The van der Waals surface area contributed by atoms with E-state index in [9.17, 15) is 22.4 Å². The maximum Gasteiger partial charge on any atom is 0.416 e. The predicted molar refractivity (Wildman–Crippen MR) is 103 cm³/mol. The summed E-state index contributed by atoms with van der Waals surface area (Å²) in [6, 6.07) is 2.08. The molecule has 0 aliphatic carbocycles. The van der Waals surface area contributed by atoms with Crippen LogP contribution in [0.4, 0.5) is 22.4 Å². The van der Waals surface area contributed by atoms with Crippen LogP contribution in [0, 0.1) is 5.82 Å². The molecule has 1 aliphatic rings. The molecule has 1 fully saturated rings. The molecule has 1 aromatic carbocycles. The zero-order valence-electron chi connectivity index (χ0n) is 17.4. The average Bonchev–Trinajstić information content (AvgIpc) is 2.66. The van der Waals surface area contributed by atoms with Crippen LogP contribution in [0.1, 0.15) is 64.1 Å². The number of nitrogens with zero attached hydrogens (tertiary/aromatic N) is 2. The number of carbonyl (C=O) groups excluding carboxylic acids is 1. The molecule has 2 rings (SSSR count). The van der Waals surface area contributed by atoms with Gasteiger partial charge in [-0.15, -0.1) is 0 Å². The first-order chi connectivity index (χ1) is 13.6. The predicted octanol–water partition coefficient (Wildman–Crippen LogP) is 5.63. The Bertz CT molecular complexity index is 696. The number of alkyl halides is 3. The molecule has 1 aromatic rings. The molecule has 1 aliphatic heterocycles. The first-order valence-electron chi connectivity index (χ1n) is 10.2. The van der Waals surface area contributed by atoms with Gasteiger partial charge in [-0.25, -0.2) is 9.18 Å². The summed E-state index contributed by atoms with van der Waals surface area (Å²) in [4.78, 5) is 16.1. The van der Waals surface area contributed by atoms with E-state index in [1.807, 2.05) is 20.8 Å². The van der Waals surface area contributed by atoms with Gasteiger partial charge in [0, 0.05) is 36.8 Å². The van der Waals surface area contributed by atoms with E-state index in [2.05, 4.69) is 4.90 Å². The van der Waals surface area contributed by atoms with Crippen LogP contribution in [0.2, 0.25) is 0 Å². The normalized spacial score (nSPS) is 21.9. The Labute approximate surface area is 169 Å². The lowest BCUT2D eigenvalue weighted by Crippen LogP contribution is -2.59. The highest BCUT2D eigenvalue weighted by atomic mass is 19.4. The summed E-state index contributed by atoms with van der Waals surface area (Å²) in [6.45, 7) is 8.99. The monoisotopic (exact) mass is 418 g/mol. The van der Waals surface area contributed by atoms with Gasteiger partial charge < -0.3 is 9.64 Å². The van der Waals surface area contributed by atoms with Gasteiger partial charge in [0.15, 0.2) is 0 Å². The van der Waals surface area contributed by atoms with Crippen molar-refractivity contribution in [2.45, 2.75) is 71.3 Å². The summed E-state index contributed by atoms with van der Waals surface area (Å²) >= 11 is 0. The smallest absolute Gasteiger partial charge is 0.416 e. The van der Waals surface area contributed by atoms with Crippen molar-refractivity contribution < 1.29 is 27.1 Å². The van der Waals surface area contributed by atoms with Gasteiger partial charge in [-0.3, -0.25) is 4.90 Å². The largest absolute Gasteiger partial charge is 0.449 e. The van der Waals surface area contributed by atoms with Crippen LogP contribution in [0.25, 0.3) is 0 Å². The van der Waals surface area contributed by atoms with Crippen LogP contribution < -0.4 is 0 Å². The van der Waals surface area contributed by atoms with Crippen molar-refractivity contribution in [2.24, 2.45) is 0 Å². The fourth-order valence-corrected chi connectivity index (χ4v) is 3.76. The molecule has 164 valence electrons. The van der Waals surface area contributed by atoms with Gasteiger partial charge in [0.2, 0.25) is 0 Å². The number of unbranched alkanes of at least 4 members (excludes halogenated alkanes) is 1. The molecule has 0 aromatic heterocycles. The van der Waals surface area contributed by atoms with E-state index in [0.29, 0.717) is 25.8 Å². The number of benzene rings is 1. The first kappa shape index (κ1) is 23.4. The molecule has 0 spiro atoms. The summed E-state index contributed by atoms with van der Waals surface area (Å²) in [6.07, 6.45) is -2.46. The molecule has 0 bridgehead atoms. The molecule has 1 unspecified atom stereocenters. The fraction of sp³-hybridized carbons (Fsp3) is 0.667. The molecule has 1 amide bonds. The van der Waals surface area contributed by atoms with Crippen molar-refractivity contribution >= 4 is 6.09 Å². The van der Waals surface area contributed by atoms with Crippen molar-refractivity contribution in [1.29, 1.82) is 0 Å².